The normalized spacial score (nSPS) is 11.9. The molecule has 0 aromatic heterocycles. The van der Waals surface area contributed by atoms with Crippen molar-refractivity contribution in [2.75, 3.05) is 0 Å². The van der Waals surface area contributed by atoms with E-state index >= 15 is 0 Å². The van der Waals surface area contributed by atoms with E-state index in [-0.39, 0.29) is 5.92 Å². The number of hydrogen-bond donors (Lipinski definition) is 2. The molecule has 0 fully saturated rings. The minimum atomic E-state index is -0.936. The smallest absolute Gasteiger partial charge is 0.335 e. The molecule has 0 heterocycles. The summed E-state index contributed by atoms with van der Waals surface area (Å²) in [5.41, 5.74) is 3.20. The van der Waals surface area contributed by atoms with Gasteiger partial charge in [0.05, 0.1) is 11.1 Å². The Kier molecular flexibility index (Phi) is 5.16. The van der Waals surface area contributed by atoms with Crippen LogP contribution < -0.4 is 0 Å². The number of carbonyl (C=O) groups is 2. The van der Waals surface area contributed by atoms with Gasteiger partial charge in [-0.15, -0.1) is 0 Å². The van der Waals surface area contributed by atoms with Crippen LogP contribution in [0.15, 0.2) is 42.5 Å². The van der Waals surface area contributed by atoms with Gasteiger partial charge in [0.2, 0.25) is 0 Å². The molecule has 0 bridgehead atoms. The lowest BCUT2D eigenvalue weighted by Gasteiger charge is -2.15. The van der Waals surface area contributed by atoms with Crippen molar-refractivity contribution >= 4 is 11.9 Å². The maximum absolute atomic E-state index is 11.3. The number of benzene rings is 2. The van der Waals surface area contributed by atoms with Gasteiger partial charge in [0.15, 0.2) is 0 Å². The summed E-state index contributed by atoms with van der Waals surface area (Å²) in [5, 5.41) is 18.5. The molecular weight excluding hydrogens is 292 g/mol. The number of carboxylic acids is 2. The first-order valence-corrected chi connectivity index (χ1v) is 7.52. The van der Waals surface area contributed by atoms with Crippen LogP contribution >= 0.6 is 0 Å². The van der Waals surface area contributed by atoms with E-state index in [1.54, 1.807) is 24.3 Å². The minimum Gasteiger partial charge on any atom is -0.478 e. The second kappa shape index (κ2) is 7.09. The second-order valence-electron chi connectivity index (χ2n) is 5.94. The Morgan fingerprint density at radius 3 is 2.13 bits per heavy atom. The lowest BCUT2D eigenvalue weighted by Crippen LogP contribution is -2.11. The minimum absolute atomic E-state index is 0.135. The van der Waals surface area contributed by atoms with E-state index in [4.69, 9.17) is 0 Å². The number of carboxylic acid groups (broad SMARTS) is 2. The average Bonchev–Trinajstić information content (AvgIpc) is 2.47. The summed E-state index contributed by atoms with van der Waals surface area (Å²) in [6.45, 7) is 3.94. The quantitative estimate of drug-likeness (QED) is 0.850. The Balaban J connectivity index is 2.21. The predicted octanol–water partition coefficient (Wildman–Crippen LogP) is 3.81. The molecule has 120 valence electrons. The molecule has 0 aliphatic heterocycles. The van der Waals surface area contributed by atoms with Crippen molar-refractivity contribution in [3.05, 3.63) is 70.3 Å². The van der Waals surface area contributed by atoms with Gasteiger partial charge in [-0.1, -0.05) is 42.8 Å². The van der Waals surface area contributed by atoms with Crippen molar-refractivity contribution in [1.82, 2.24) is 0 Å². The SMILES string of the molecule is Cc1ccc(C(=O)O)c(CC(C)Cc2ccccc2C(=O)O)c1. The number of aryl methyl sites for hydroxylation is 1. The van der Waals surface area contributed by atoms with E-state index in [9.17, 15) is 19.8 Å². The molecule has 0 aliphatic rings. The van der Waals surface area contributed by atoms with Gasteiger partial charge in [-0.05, 0) is 48.9 Å². The lowest BCUT2D eigenvalue weighted by molar-refractivity contribution is 0.0685. The molecule has 0 saturated carbocycles. The molecule has 0 radical (unpaired) electrons. The molecule has 2 aromatic carbocycles. The van der Waals surface area contributed by atoms with E-state index in [0.29, 0.717) is 24.0 Å². The van der Waals surface area contributed by atoms with Crippen LogP contribution in [0.1, 0.15) is 44.3 Å². The van der Waals surface area contributed by atoms with Crippen molar-refractivity contribution in [3.63, 3.8) is 0 Å². The van der Waals surface area contributed by atoms with Gasteiger partial charge in [-0.25, -0.2) is 9.59 Å². The molecule has 0 aliphatic carbocycles. The number of aromatic carboxylic acids is 2. The number of rotatable bonds is 6. The summed E-state index contributed by atoms with van der Waals surface area (Å²) < 4.78 is 0. The highest BCUT2D eigenvalue weighted by molar-refractivity contribution is 5.90. The summed E-state index contributed by atoms with van der Waals surface area (Å²) in [7, 11) is 0. The maximum Gasteiger partial charge on any atom is 0.335 e. The van der Waals surface area contributed by atoms with E-state index in [2.05, 4.69) is 0 Å². The van der Waals surface area contributed by atoms with Gasteiger partial charge < -0.3 is 10.2 Å². The van der Waals surface area contributed by atoms with Crippen LogP contribution in [0, 0.1) is 12.8 Å². The zero-order chi connectivity index (χ0) is 17.0. The first-order valence-electron chi connectivity index (χ1n) is 7.52. The molecule has 1 unspecified atom stereocenters. The Morgan fingerprint density at radius 2 is 1.48 bits per heavy atom. The van der Waals surface area contributed by atoms with Gasteiger partial charge >= 0.3 is 11.9 Å². The largest absolute Gasteiger partial charge is 0.478 e. The van der Waals surface area contributed by atoms with Crippen LogP contribution in [-0.2, 0) is 12.8 Å². The first kappa shape index (κ1) is 16.7. The molecule has 0 amide bonds. The third-order valence-electron chi connectivity index (χ3n) is 3.88. The summed E-state index contributed by atoms with van der Waals surface area (Å²) in [6.07, 6.45) is 1.19. The molecule has 2 N–H and O–H groups in total. The molecule has 4 nitrogen and oxygen atoms in total. The van der Waals surface area contributed by atoms with Crippen LogP contribution in [-0.4, -0.2) is 22.2 Å². The second-order valence-corrected chi connectivity index (χ2v) is 5.94. The van der Waals surface area contributed by atoms with Crippen LogP contribution in [0.3, 0.4) is 0 Å². The number of hydrogen-bond acceptors (Lipinski definition) is 2. The highest BCUT2D eigenvalue weighted by atomic mass is 16.4. The molecule has 4 heteroatoms. The van der Waals surface area contributed by atoms with E-state index in [0.717, 1.165) is 16.7 Å². The Bertz CT molecular complexity index is 734. The average molecular weight is 312 g/mol. The van der Waals surface area contributed by atoms with Crippen LogP contribution in [0.25, 0.3) is 0 Å². The van der Waals surface area contributed by atoms with Crippen LogP contribution in [0.2, 0.25) is 0 Å². The maximum atomic E-state index is 11.3. The van der Waals surface area contributed by atoms with Gasteiger partial charge in [0, 0.05) is 0 Å². The summed E-state index contributed by atoms with van der Waals surface area (Å²) in [5.74, 6) is -1.73. The highest BCUT2D eigenvalue weighted by Crippen LogP contribution is 2.21. The standard InChI is InChI=1S/C19H20O4/c1-12-7-8-17(19(22)23)15(9-12)11-13(2)10-14-5-3-4-6-16(14)18(20)21/h3-9,13H,10-11H2,1-2H3,(H,20,21)(H,22,23). The van der Waals surface area contributed by atoms with Gasteiger partial charge in [0.25, 0.3) is 0 Å². The molecule has 23 heavy (non-hydrogen) atoms. The molecule has 2 rings (SSSR count). The zero-order valence-corrected chi connectivity index (χ0v) is 13.2. The highest BCUT2D eigenvalue weighted by Gasteiger charge is 2.16. The van der Waals surface area contributed by atoms with Crippen LogP contribution in [0.5, 0.6) is 0 Å². The first-order chi connectivity index (χ1) is 10.9. The summed E-state index contributed by atoms with van der Waals surface area (Å²) in [6, 6.07) is 12.3. The molecule has 2 aromatic rings. The molecule has 1 atom stereocenters. The monoisotopic (exact) mass is 312 g/mol. The van der Waals surface area contributed by atoms with Crippen molar-refractivity contribution < 1.29 is 19.8 Å². The summed E-state index contributed by atoms with van der Waals surface area (Å²) in [4.78, 5) is 22.6. The lowest BCUT2D eigenvalue weighted by atomic mass is 9.89. The van der Waals surface area contributed by atoms with Crippen molar-refractivity contribution in [3.8, 4) is 0 Å². The van der Waals surface area contributed by atoms with Crippen molar-refractivity contribution in [2.24, 2.45) is 5.92 Å². The summed E-state index contributed by atoms with van der Waals surface area (Å²) >= 11 is 0. The van der Waals surface area contributed by atoms with Crippen molar-refractivity contribution in [2.45, 2.75) is 26.7 Å². The fourth-order valence-electron chi connectivity index (χ4n) is 2.83. The Labute approximate surface area is 135 Å². The molecular formula is C19H20O4. The van der Waals surface area contributed by atoms with E-state index in [1.807, 2.05) is 32.0 Å². The fourth-order valence-corrected chi connectivity index (χ4v) is 2.83. The van der Waals surface area contributed by atoms with Gasteiger partial charge in [-0.2, -0.15) is 0 Å². The van der Waals surface area contributed by atoms with E-state index < -0.39 is 11.9 Å². The third-order valence-corrected chi connectivity index (χ3v) is 3.88. The van der Waals surface area contributed by atoms with Crippen LogP contribution in [0.4, 0.5) is 0 Å². The Hall–Kier alpha value is -2.62. The van der Waals surface area contributed by atoms with E-state index in [1.165, 1.54) is 0 Å². The van der Waals surface area contributed by atoms with Crippen molar-refractivity contribution in [1.29, 1.82) is 0 Å². The zero-order valence-electron chi connectivity index (χ0n) is 13.2. The topological polar surface area (TPSA) is 74.6 Å². The predicted molar refractivity (Wildman–Crippen MR) is 88.1 cm³/mol. The Morgan fingerprint density at radius 1 is 0.913 bits per heavy atom. The van der Waals surface area contributed by atoms with Gasteiger partial charge in [0.1, 0.15) is 0 Å². The van der Waals surface area contributed by atoms with Gasteiger partial charge in [-0.3, -0.25) is 0 Å². The third kappa shape index (κ3) is 4.19. The fraction of sp³-hybridized carbons (Fsp3) is 0.263. The molecule has 0 saturated heterocycles. The molecule has 0 spiro atoms.